The summed E-state index contributed by atoms with van der Waals surface area (Å²) in [5, 5.41) is 2.96. The molecule has 0 aliphatic heterocycles. The number of rotatable bonds is 5. The predicted molar refractivity (Wildman–Crippen MR) is 56.6 cm³/mol. The quantitative estimate of drug-likeness (QED) is 0.454. The second kappa shape index (κ2) is 6.22. The van der Waals surface area contributed by atoms with Crippen molar-refractivity contribution in [2.45, 2.75) is 0 Å². The van der Waals surface area contributed by atoms with E-state index in [1.165, 1.54) is 12.4 Å². The maximum absolute atomic E-state index is 12.6. The number of anilines is 1. The Labute approximate surface area is 86.5 Å². The molecule has 1 rings (SSSR count). The molecule has 0 spiro atoms. The number of nitrogens with zero attached hydrogens (tertiary/aromatic N) is 2. The van der Waals surface area contributed by atoms with Crippen LogP contribution in [0.25, 0.3) is 0 Å². The van der Waals surface area contributed by atoms with Crippen molar-refractivity contribution in [2.75, 3.05) is 23.4 Å². The summed E-state index contributed by atoms with van der Waals surface area (Å²) < 4.78 is 12.6. The Balaban J connectivity index is 2.22. The van der Waals surface area contributed by atoms with Crippen molar-refractivity contribution in [1.29, 1.82) is 0 Å². The van der Waals surface area contributed by atoms with E-state index >= 15 is 0 Å². The second-order valence-corrected chi connectivity index (χ2v) is 3.51. The van der Waals surface area contributed by atoms with Crippen LogP contribution in [0.15, 0.2) is 12.4 Å². The monoisotopic (exact) mass is 211 g/mol. The Kier molecular flexibility index (Phi) is 4.79. The Morgan fingerprint density at radius 2 is 2.43 bits per heavy atom. The minimum absolute atomic E-state index is 0.499. The number of nitrogens with one attached hydrogen (secondary N) is 1. The number of hydrogen-bond donors (Lipinski definition) is 1. The van der Waals surface area contributed by atoms with E-state index in [0.29, 0.717) is 18.1 Å². The van der Waals surface area contributed by atoms with Gasteiger partial charge in [0.15, 0.2) is 0 Å². The molecule has 0 aromatic carbocycles. The molecule has 0 unspecified atom stereocenters. The summed E-state index contributed by atoms with van der Waals surface area (Å²) in [6.45, 7) is 0.711. The molecule has 1 aromatic heterocycles. The lowest BCUT2D eigenvalue weighted by atomic mass is 10.5. The number of hydrogen-bond acceptors (Lipinski definition) is 4. The van der Waals surface area contributed by atoms with Gasteiger partial charge >= 0.3 is 0 Å². The number of aromatic nitrogens is 2. The first kappa shape index (κ1) is 10.8. The van der Waals surface area contributed by atoms with Gasteiger partial charge in [-0.25, -0.2) is 9.97 Å². The zero-order chi connectivity index (χ0) is 10.2. The molecule has 0 amide bonds. The van der Waals surface area contributed by atoms with Gasteiger partial charge in [0.05, 0.1) is 5.75 Å². The van der Waals surface area contributed by atoms with Gasteiger partial charge in [-0.2, -0.15) is 4.39 Å². The molecule has 1 N–H and O–H groups in total. The zero-order valence-electron chi connectivity index (χ0n) is 7.53. The normalized spacial score (nSPS) is 9.43. The van der Waals surface area contributed by atoms with E-state index in [1.54, 1.807) is 11.8 Å². The summed E-state index contributed by atoms with van der Waals surface area (Å²) in [7, 11) is 0. The molecular formula is C9H10FN3S. The van der Waals surface area contributed by atoms with Crippen LogP contribution in [0, 0.1) is 18.3 Å². The Morgan fingerprint density at radius 1 is 1.57 bits per heavy atom. The van der Waals surface area contributed by atoms with E-state index in [4.69, 9.17) is 6.42 Å². The fraction of sp³-hybridized carbons (Fsp3) is 0.333. The van der Waals surface area contributed by atoms with Crippen molar-refractivity contribution in [2.24, 2.45) is 0 Å². The van der Waals surface area contributed by atoms with Crippen LogP contribution in [-0.2, 0) is 0 Å². The third-order valence-electron chi connectivity index (χ3n) is 1.37. The Hall–Kier alpha value is -1.28. The number of thioether (sulfide) groups is 1. The smallest absolute Gasteiger partial charge is 0.217 e. The number of terminal acetylenes is 1. The highest BCUT2D eigenvalue weighted by atomic mass is 32.2. The summed E-state index contributed by atoms with van der Waals surface area (Å²) in [6.07, 6.45) is 6.27. The van der Waals surface area contributed by atoms with Crippen molar-refractivity contribution in [1.82, 2.24) is 9.97 Å². The highest BCUT2D eigenvalue weighted by Gasteiger charge is 1.95. The molecule has 0 fully saturated rings. The van der Waals surface area contributed by atoms with Crippen molar-refractivity contribution >= 4 is 17.6 Å². The highest BCUT2D eigenvalue weighted by Crippen LogP contribution is 2.03. The molecule has 3 nitrogen and oxygen atoms in total. The molecular weight excluding hydrogens is 201 g/mol. The van der Waals surface area contributed by atoms with Crippen LogP contribution in [0.5, 0.6) is 0 Å². The van der Waals surface area contributed by atoms with E-state index in [0.717, 1.165) is 5.75 Å². The Morgan fingerprint density at radius 3 is 3.14 bits per heavy atom. The average Bonchev–Trinajstić information content (AvgIpc) is 2.18. The first-order valence-corrected chi connectivity index (χ1v) is 5.21. The average molecular weight is 211 g/mol. The van der Waals surface area contributed by atoms with Crippen LogP contribution in [0.3, 0.4) is 0 Å². The summed E-state index contributed by atoms with van der Waals surface area (Å²) in [5.74, 6) is 4.06. The summed E-state index contributed by atoms with van der Waals surface area (Å²) in [5.41, 5.74) is 0. The van der Waals surface area contributed by atoms with Gasteiger partial charge < -0.3 is 5.32 Å². The lowest BCUT2D eigenvalue weighted by molar-refractivity contribution is 0.580. The van der Waals surface area contributed by atoms with Gasteiger partial charge in [-0.3, -0.25) is 0 Å². The molecule has 0 aliphatic carbocycles. The van der Waals surface area contributed by atoms with E-state index < -0.39 is 5.95 Å². The third-order valence-corrected chi connectivity index (χ3v) is 2.24. The van der Waals surface area contributed by atoms with E-state index in [9.17, 15) is 4.39 Å². The van der Waals surface area contributed by atoms with Crippen molar-refractivity contribution in [3.05, 3.63) is 18.3 Å². The number of halogens is 1. The molecule has 1 aromatic rings. The zero-order valence-corrected chi connectivity index (χ0v) is 8.35. The molecule has 1 heterocycles. The van der Waals surface area contributed by atoms with Gasteiger partial charge in [0.2, 0.25) is 5.95 Å². The van der Waals surface area contributed by atoms with Gasteiger partial charge in [0.1, 0.15) is 12.1 Å². The molecule has 0 atom stereocenters. The molecule has 14 heavy (non-hydrogen) atoms. The molecule has 0 aliphatic rings. The highest BCUT2D eigenvalue weighted by molar-refractivity contribution is 7.99. The van der Waals surface area contributed by atoms with Crippen LogP contribution in [-0.4, -0.2) is 28.0 Å². The molecule has 5 heteroatoms. The molecule has 0 bridgehead atoms. The summed E-state index contributed by atoms with van der Waals surface area (Å²) in [4.78, 5) is 7.19. The van der Waals surface area contributed by atoms with Gasteiger partial charge in [0.25, 0.3) is 0 Å². The van der Waals surface area contributed by atoms with Gasteiger partial charge in [-0.1, -0.05) is 5.92 Å². The molecule has 0 saturated heterocycles. The largest absolute Gasteiger partial charge is 0.369 e. The minimum Gasteiger partial charge on any atom is -0.369 e. The van der Waals surface area contributed by atoms with E-state index in [-0.39, 0.29) is 0 Å². The maximum Gasteiger partial charge on any atom is 0.217 e. The summed E-state index contributed by atoms with van der Waals surface area (Å²) in [6, 6.07) is 1.26. The van der Waals surface area contributed by atoms with Crippen molar-refractivity contribution < 1.29 is 4.39 Å². The topological polar surface area (TPSA) is 37.8 Å². The molecule has 74 valence electrons. The lowest BCUT2D eigenvalue weighted by Gasteiger charge is -2.03. The van der Waals surface area contributed by atoms with Crippen LogP contribution < -0.4 is 5.32 Å². The Bertz CT molecular complexity index is 324. The lowest BCUT2D eigenvalue weighted by Crippen LogP contribution is -2.06. The molecule has 0 saturated carbocycles. The van der Waals surface area contributed by atoms with Crippen LogP contribution in [0.4, 0.5) is 10.2 Å². The van der Waals surface area contributed by atoms with Crippen LogP contribution in [0.1, 0.15) is 0 Å². The van der Waals surface area contributed by atoms with E-state index in [2.05, 4.69) is 21.2 Å². The van der Waals surface area contributed by atoms with E-state index in [1.807, 2.05) is 0 Å². The van der Waals surface area contributed by atoms with Crippen molar-refractivity contribution in [3.8, 4) is 12.3 Å². The molecule has 0 radical (unpaired) electrons. The second-order valence-electron chi connectivity index (χ2n) is 2.41. The first-order chi connectivity index (χ1) is 6.83. The third kappa shape index (κ3) is 4.10. The van der Waals surface area contributed by atoms with Crippen LogP contribution in [0.2, 0.25) is 0 Å². The van der Waals surface area contributed by atoms with Crippen LogP contribution >= 0.6 is 11.8 Å². The maximum atomic E-state index is 12.6. The summed E-state index contributed by atoms with van der Waals surface area (Å²) >= 11 is 1.64. The van der Waals surface area contributed by atoms with Gasteiger partial charge in [-0.15, -0.1) is 18.2 Å². The predicted octanol–water partition coefficient (Wildman–Crippen LogP) is 1.39. The fourth-order valence-electron chi connectivity index (χ4n) is 0.813. The first-order valence-electron chi connectivity index (χ1n) is 4.05. The van der Waals surface area contributed by atoms with Crippen molar-refractivity contribution in [3.63, 3.8) is 0 Å². The minimum atomic E-state index is -0.529. The standard InChI is InChI=1S/C9H10FN3S/c1-2-4-14-5-3-11-9-6-8(10)12-7-13-9/h1,6-7H,3-5H2,(H,11,12,13). The van der Waals surface area contributed by atoms with Gasteiger partial charge in [0, 0.05) is 18.4 Å². The van der Waals surface area contributed by atoms with Gasteiger partial charge in [-0.05, 0) is 0 Å². The SMILES string of the molecule is C#CCSCCNc1cc(F)ncn1. The fourth-order valence-corrected chi connectivity index (χ4v) is 1.32.